The van der Waals surface area contributed by atoms with Crippen LogP contribution in [0.5, 0.6) is 5.75 Å². The highest BCUT2D eigenvalue weighted by Crippen LogP contribution is 2.25. The molecule has 1 saturated heterocycles. The molecule has 93 heavy (non-hydrogen) atoms. The molecule has 4 aromatic carbocycles. The number of nitrogens with zero attached hydrogens (tertiary/aromatic N) is 2. The van der Waals surface area contributed by atoms with Gasteiger partial charge in [-0.15, -0.1) is 0 Å². The first kappa shape index (κ1) is 66.9. The number of likely N-dealkylation sites (tertiary alicyclic amines) is 1. The minimum atomic E-state index is -1.82. The maximum Gasteiger partial charge on any atom is 0.246 e. The third kappa shape index (κ3) is 18.6. The molecular weight excluding hydrogens is 1200 g/mol. The van der Waals surface area contributed by atoms with Crippen molar-refractivity contribution >= 4 is 80.9 Å². The molecule has 0 radical (unpaired) electrons. The van der Waals surface area contributed by atoms with Gasteiger partial charge in [-0.1, -0.05) is 36.4 Å². The zero-order valence-electron chi connectivity index (χ0n) is 51.2. The van der Waals surface area contributed by atoms with Crippen molar-refractivity contribution in [1.82, 2.24) is 67.4 Å². The third-order valence-corrected chi connectivity index (χ3v) is 16.6. The summed E-state index contributed by atoms with van der Waals surface area (Å²) in [7, 11) is 0. The second kappa shape index (κ2) is 31.5. The minimum Gasteiger partial charge on any atom is -0.508 e. The zero-order chi connectivity index (χ0) is 66.1. The van der Waals surface area contributed by atoms with Crippen LogP contribution in [-0.4, -0.2) is 151 Å². The van der Waals surface area contributed by atoms with E-state index in [1.807, 2.05) is 24.3 Å². The Morgan fingerprint density at radius 1 is 0.656 bits per heavy atom. The molecule has 27 heteroatoms. The summed E-state index contributed by atoms with van der Waals surface area (Å²) >= 11 is 0. The molecule has 7 aromatic rings. The number of halogens is 2. The van der Waals surface area contributed by atoms with E-state index in [4.69, 9.17) is 5.73 Å². The lowest BCUT2D eigenvalue weighted by molar-refractivity contribution is -0.141. The van der Waals surface area contributed by atoms with Crippen molar-refractivity contribution in [3.8, 4) is 5.75 Å². The number of fused-ring (bicyclic) bond motifs is 29. The number of nitrogens with two attached hydrogens (primary N) is 1. The van der Waals surface area contributed by atoms with E-state index in [1.165, 1.54) is 85.3 Å². The van der Waals surface area contributed by atoms with E-state index < -0.39 is 126 Å². The number of primary amides is 1. The van der Waals surface area contributed by atoms with Crippen molar-refractivity contribution < 1.29 is 61.8 Å². The number of nitrogens with one attached hydrogen (secondary N) is 11. The second-order valence-corrected chi connectivity index (χ2v) is 23.6. The molecule has 7 atom stereocenters. The number of hydrogen-bond acceptors (Lipinski definition) is 12. The average Bonchev–Trinajstić information content (AvgIpc) is 1.78. The Morgan fingerprint density at radius 3 is 1.89 bits per heavy atom. The maximum absolute atomic E-state index is 15.3. The summed E-state index contributed by atoms with van der Waals surface area (Å²) in [5.41, 5.74) is 10.3. The smallest absolute Gasteiger partial charge is 0.246 e. The molecular formula is C66H76F2N14O11. The van der Waals surface area contributed by atoms with Gasteiger partial charge in [0.2, 0.25) is 59.1 Å². The maximum atomic E-state index is 15.3. The van der Waals surface area contributed by atoms with Crippen molar-refractivity contribution in [2.75, 3.05) is 19.6 Å². The Kier molecular flexibility index (Phi) is 22.7. The van der Waals surface area contributed by atoms with Crippen LogP contribution < -0.4 is 48.3 Å². The van der Waals surface area contributed by atoms with Crippen molar-refractivity contribution in [1.29, 1.82) is 0 Å². The van der Waals surface area contributed by atoms with Gasteiger partial charge in [0.15, 0.2) is 0 Å². The zero-order valence-corrected chi connectivity index (χ0v) is 51.2. The van der Waals surface area contributed by atoms with E-state index >= 15 is 14.4 Å². The molecule has 0 saturated carbocycles. The van der Waals surface area contributed by atoms with Crippen molar-refractivity contribution in [3.63, 3.8) is 0 Å². The molecule has 0 spiro atoms. The summed E-state index contributed by atoms with van der Waals surface area (Å²) in [6, 6.07) is 11.7. The monoisotopic (exact) mass is 1280 g/mol. The van der Waals surface area contributed by atoms with E-state index in [0.29, 0.717) is 89.1 Å². The number of aromatic amines is 3. The van der Waals surface area contributed by atoms with Crippen molar-refractivity contribution in [2.24, 2.45) is 5.73 Å². The molecule has 10 amide bonds. The van der Waals surface area contributed by atoms with Crippen LogP contribution in [0.1, 0.15) is 91.8 Å². The highest BCUT2D eigenvalue weighted by atomic mass is 19.1. The fraction of sp³-hybridized carbons (Fsp3) is 0.379. The fourth-order valence-corrected chi connectivity index (χ4v) is 11.6. The number of carbonyl (C=O) groups excluding carboxylic acids is 10. The van der Waals surface area contributed by atoms with Gasteiger partial charge in [-0.25, -0.2) is 13.8 Å². The Bertz CT molecular complexity index is 3840. The Balaban J connectivity index is 1.04. The predicted octanol–water partition coefficient (Wildman–Crippen LogP) is 2.40. The summed E-state index contributed by atoms with van der Waals surface area (Å²) in [4.78, 5) is 156. The molecule has 0 unspecified atom stereocenters. The van der Waals surface area contributed by atoms with Gasteiger partial charge in [-0.2, -0.15) is 0 Å². The second-order valence-electron chi connectivity index (χ2n) is 23.6. The molecule has 3 aliphatic heterocycles. The van der Waals surface area contributed by atoms with Gasteiger partial charge in [0.05, 0.1) is 19.3 Å². The van der Waals surface area contributed by atoms with Crippen LogP contribution in [0.2, 0.25) is 0 Å². The van der Waals surface area contributed by atoms with Crippen LogP contribution >= 0.6 is 0 Å². The lowest BCUT2D eigenvalue weighted by Gasteiger charge is -2.30. The number of rotatable bonds is 14. The number of amides is 10. The first-order valence-corrected chi connectivity index (χ1v) is 31.0. The molecule has 6 heterocycles. The van der Waals surface area contributed by atoms with E-state index in [1.54, 1.807) is 12.1 Å². The van der Waals surface area contributed by atoms with Gasteiger partial charge < -0.3 is 73.2 Å². The van der Waals surface area contributed by atoms with Crippen LogP contribution in [0.15, 0.2) is 110 Å². The van der Waals surface area contributed by atoms with Gasteiger partial charge in [-0.3, -0.25) is 47.9 Å². The van der Waals surface area contributed by atoms with Gasteiger partial charge in [-0.05, 0) is 135 Å². The van der Waals surface area contributed by atoms with Gasteiger partial charge in [0.1, 0.15) is 59.7 Å². The molecule has 1 fully saturated rings. The predicted molar refractivity (Wildman–Crippen MR) is 337 cm³/mol. The van der Waals surface area contributed by atoms with Crippen LogP contribution in [-0.2, 0) is 86.5 Å². The van der Waals surface area contributed by atoms with Gasteiger partial charge in [0, 0.05) is 91.3 Å². The molecule has 2 bridgehead atoms. The lowest BCUT2D eigenvalue weighted by Crippen LogP contribution is -2.61. The fourth-order valence-electron chi connectivity index (χ4n) is 11.6. The molecule has 25 nitrogen and oxygen atoms in total. The SMILES string of the molecule is C[C@@H]1NC(=O)CCCCc2ccc(cc2)CCCCNC(=O)C[C@@H](C(=O)N[C@@H](Cc2cnc[nH]2)C(=O)N[C@@H](Cc2ccc(O)cc2)C(=O)N2CCC[C@H]2C(N)=O)NC(=O)[C@H](Cc2c[nH]c3ccc(F)cc23)NC(=O)[C@@H](Cc2c[nH]c3ccc(F)cc23)NC(=O)CNC1=O. The number of phenols is 1. The molecule has 490 valence electrons. The lowest BCUT2D eigenvalue weighted by atomic mass is 10.0. The van der Waals surface area contributed by atoms with E-state index in [9.17, 15) is 47.4 Å². The number of H-pyrrole nitrogens is 3. The Hall–Kier alpha value is -10.5. The van der Waals surface area contributed by atoms with Crippen molar-refractivity contribution in [2.45, 2.75) is 139 Å². The summed E-state index contributed by atoms with van der Waals surface area (Å²) in [5.74, 6) is -9.41. The van der Waals surface area contributed by atoms with E-state index in [-0.39, 0.29) is 56.9 Å². The van der Waals surface area contributed by atoms with Crippen LogP contribution in [0.4, 0.5) is 8.78 Å². The molecule has 0 aliphatic carbocycles. The highest BCUT2D eigenvalue weighted by Gasteiger charge is 2.39. The number of hydrogen-bond donors (Lipinski definition) is 13. The first-order chi connectivity index (χ1) is 44.7. The van der Waals surface area contributed by atoms with Gasteiger partial charge >= 0.3 is 0 Å². The third-order valence-electron chi connectivity index (χ3n) is 16.6. The number of carbonyl (C=O) groups is 10. The number of phenolic OH excluding ortho intramolecular Hbond substituents is 1. The Labute approximate surface area is 533 Å². The summed E-state index contributed by atoms with van der Waals surface area (Å²) < 4.78 is 29.8. The Morgan fingerprint density at radius 2 is 1.27 bits per heavy atom. The van der Waals surface area contributed by atoms with Crippen LogP contribution in [0.3, 0.4) is 0 Å². The first-order valence-electron chi connectivity index (χ1n) is 31.0. The minimum absolute atomic E-state index is 0.0620. The van der Waals surface area contributed by atoms with Crippen LogP contribution in [0.25, 0.3) is 21.8 Å². The topological polar surface area (TPSA) is 377 Å². The number of aromatic hydroxyl groups is 1. The molecule has 14 N–H and O–H groups in total. The highest BCUT2D eigenvalue weighted by molar-refractivity contribution is 6.00. The summed E-state index contributed by atoms with van der Waals surface area (Å²) in [6.07, 6.45) is 8.46. The summed E-state index contributed by atoms with van der Waals surface area (Å²) in [5, 5.41) is 32.1. The number of benzene rings is 4. The number of aromatic nitrogens is 4. The quantitative estimate of drug-likeness (QED) is 0.0699. The number of imidazole rings is 1. The van der Waals surface area contributed by atoms with Crippen molar-refractivity contribution in [3.05, 3.63) is 155 Å². The summed E-state index contributed by atoms with van der Waals surface area (Å²) in [6.45, 7) is 1.07. The van der Waals surface area contributed by atoms with E-state index in [2.05, 4.69) is 62.5 Å². The largest absolute Gasteiger partial charge is 0.508 e. The number of aryl methyl sites for hydroxylation is 2. The normalized spacial score (nSPS) is 20.3. The van der Waals surface area contributed by atoms with E-state index in [0.717, 1.165) is 11.1 Å². The van der Waals surface area contributed by atoms with Crippen LogP contribution in [0, 0.1) is 11.6 Å². The molecule has 3 aromatic heterocycles. The standard InChI is InChI=1S/C66H76F2N14O11/c1-37-61(88)74-35-59(86)77-51(26-41-32-72-49-21-17-43(67)28-47(41)49)62(89)78-52(27-42-33-73-50-22-18-44(68)29-48(42)50)63(90)80-54(31-58(85)71-23-5-4-8-39-13-11-38(12-14-39)7-2-3-10-57(84)76-37)65(92)79-53(30-45-34-70-36-75-45)64(91)81-55(25-40-15-19-46(83)20-16-40)66(93)82-24-6-9-56(82)60(69)87/h11-22,28-29,32-34,36-37,51-56,72-73,83H,2-10,23-27,30-31,35H2,1H3,(H2,69,87)(H,70,75)(H,71,85)(H,74,88)(H,76,84)(H,77,86)(H,78,89)(H,79,92)(H,80,90)(H,81,91)/t37-,51+,52-,53-,54-,55-,56-/m0/s1. The molecule has 10 rings (SSSR count). The van der Waals surface area contributed by atoms with Gasteiger partial charge in [0.25, 0.3) is 0 Å². The molecule has 3 aliphatic rings. The average molecular weight is 1280 g/mol.